The van der Waals surface area contributed by atoms with Crippen molar-refractivity contribution in [2.45, 2.75) is 0 Å². The first-order valence-electron chi connectivity index (χ1n) is 6.14. The van der Waals surface area contributed by atoms with Gasteiger partial charge in [-0.3, -0.25) is 14.9 Å². The van der Waals surface area contributed by atoms with E-state index in [1.807, 2.05) is 0 Å². The molecule has 2 aromatic rings. The van der Waals surface area contributed by atoms with E-state index in [0.717, 1.165) is 0 Å². The maximum atomic E-state index is 13.6. The standard InChI is InChI=1S/C15H10BrFN2O3/c16-11-5-6-14(13(17)9-11)18-15(20)7-4-10-2-1-3-12(8-10)19(21)22/h1-9H,(H,18,20). The molecule has 0 atom stereocenters. The Labute approximate surface area is 133 Å². The number of nitro groups is 1. The number of rotatable bonds is 4. The molecule has 0 aliphatic rings. The van der Waals surface area contributed by atoms with Crippen molar-refractivity contribution in [3.8, 4) is 0 Å². The number of benzene rings is 2. The van der Waals surface area contributed by atoms with Crippen molar-refractivity contribution in [3.63, 3.8) is 0 Å². The molecule has 22 heavy (non-hydrogen) atoms. The van der Waals surface area contributed by atoms with E-state index in [0.29, 0.717) is 10.0 Å². The maximum Gasteiger partial charge on any atom is 0.270 e. The van der Waals surface area contributed by atoms with Gasteiger partial charge in [0.1, 0.15) is 5.82 Å². The number of non-ortho nitro benzene ring substituents is 1. The van der Waals surface area contributed by atoms with Gasteiger partial charge in [-0.25, -0.2) is 4.39 Å². The lowest BCUT2D eigenvalue weighted by Crippen LogP contribution is -2.09. The van der Waals surface area contributed by atoms with E-state index < -0.39 is 16.6 Å². The van der Waals surface area contributed by atoms with Gasteiger partial charge in [-0.2, -0.15) is 0 Å². The summed E-state index contributed by atoms with van der Waals surface area (Å²) < 4.78 is 14.1. The van der Waals surface area contributed by atoms with E-state index in [1.54, 1.807) is 12.1 Å². The second-order valence-corrected chi connectivity index (χ2v) is 5.21. The molecule has 112 valence electrons. The SMILES string of the molecule is O=C(C=Cc1cccc([N+](=O)[O-])c1)Nc1ccc(Br)cc1F. The van der Waals surface area contributed by atoms with Crippen LogP contribution >= 0.6 is 15.9 Å². The molecular formula is C15H10BrFN2O3. The Balaban J connectivity index is 2.08. The number of carbonyl (C=O) groups is 1. The largest absolute Gasteiger partial charge is 0.320 e. The zero-order chi connectivity index (χ0) is 16.1. The first-order valence-corrected chi connectivity index (χ1v) is 6.93. The Morgan fingerprint density at radius 2 is 2.05 bits per heavy atom. The molecule has 1 N–H and O–H groups in total. The van der Waals surface area contributed by atoms with Crippen molar-refractivity contribution in [1.29, 1.82) is 0 Å². The average molecular weight is 365 g/mol. The summed E-state index contributed by atoms with van der Waals surface area (Å²) in [5, 5.41) is 13.0. The lowest BCUT2D eigenvalue weighted by Gasteiger charge is -2.03. The van der Waals surface area contributed by atoms with Gasteiger partial charge in [0.25, 0.3) is 5.69 Å². The van der Waals surface area contributed by atoms with Gasteiger partial charge in [0.15, 0.2) is 0 Å². The molecular weight excluding hydrogens is 355 g/mol. The Morgan fingerprint density at radius 1 is 1.27 bits per heavy atom. The molecule has 2 rings (SSSR count). The maximum absolute atomic E-state index is 13.6. The molecule has 0 fully saturated rings. The summed E-state index contributed by atoms with van der Waals surface area (Å²) >= 11 is 3.12. The molecule has 0 saturated carbocycles. The van der Waals surface area contributed by atoms with Crippen molar-refractivity contribution >= 4 is 39.3 Å². The summed E-state index contributed by atoms with van der Waals surface area (Å²) in [6.45, 7) is 0. The number of hydrogen-bond donors (Lipinski definition) is 1. The van der Waals surface area contributed by atoms with Crippen LogP contribution < -0.4 is 5.32 Å². The number of nitrogens with zero attached hydrogens (tertiary/aromatic N) is 1. The topological polar surface area (TPSA) is 72.2 Å². The third-order valence-corrected chi connectivity index (χ3v) is 3.19. The van der Waals surface area contributed by atoms with Gasteiger partial charge < -0.3 is 5.32 Å². The van der Waals surface area contributed by atoms with Crippen LogP contribution in [0.15, 0.2) is 53.0 Å². The summed E-state index contributed by atoms with van der Waals surface area (Å²) in [6.07, 6.45) is 2.60. The fraction of sp³-hybridized carbons (Fsp3) is 0. The molecule has 2 aromatic carbocycles. The molecule has 0 heterocycles. The smallest absolute Gasteiger partial charge is 0.270 e. The predicted octanol–water partition coefficient (Wildman–Crippen LogP) is 4.15. The minimum absolute atomic E-state index is 0.0527. The van der Waals surface area contributed by atoms with Crippen LogP contribution in [0.5, 0.6) is 0 Å². The van der Waals surface area contributed by atoms with Crippen LogP contribution in [0.4, 0.5) is 15.8 Å². The van der Waals surface area contributed by atoms with Gasteiger partial charge >= 0.3 is 0 Å². The van der Waals surface area contributed by atoms with E-state index in [1.165, 1.54) is 42.5 Å². The molecule has 0 aromatic heterocycles. The Hall–Kier alpha value is -2.54. The van der Waals surface area contributed by atoms with Gasteiger partial charge in [-0.1, -0.05) is 28.1 Å². The van der Waals surface area contributed by atoms with Gasteiger partial charge in [-0.05, 0) is 29.8 Å². The molecule has 0 aliphatic heterocycles. The number of amides is 1. The second kappa shape index (κ2) is 6.95. The molecule has 0 bridgehead atoms. The lowest BCUT2D eigenvalue weighted by molar-refractivity contribution is -0.384. The third-order valence-electron chi connectivity index (χ3n) is 2.70. The van der Waals surface area contributed by atoms with E-state index in [9.17, 15) is 19.3 Å². The molecule has 5 nitrogen and oxygen atoms in total. The highest BCUT2D eigenvalue weighted by Crippen LogP contribution is 2.19. The summed E-state index contributed by atoms with van der Waals surface area (Å²) in [4.78, 5) is 21.9. The number of halogens is 2. The van der Waals surface area contributed by atoms with Crippen molar-refractivity contribution in [3.05, 3.63) is 74.5 Å². The van der Waals surface area contributed by atoms with E-state index >= 15 is 0 Å². The highest BCUT2D eigenvalue weighted by molar-refractivity contribution is 9.10. The highest BCUT2D eigenvalue weighted by atomic mass is 79.9. The quantitative estimate of drug-likeness (QED) is 0.503. The minimum atomic E-state index is -0.563. The number of carbonyl (C=O) groups excluding carboxylic acids is 1. The first kappa shape index (κ1) is 15.8. The van der Waals surface area contributed by atoms with Crippen LogP contribution in [0.25, 0.3) is 6.08 Å². The van der Waals surface area contributed by atoms with Crippen molar-refractivity contribution in [2.24, 2.45) is 0 Å². The highest BCUT2D eigenvalue weighted by Gasteiger charge is 2.06. The molecule has 0 unspecified atom stereocenters. The van der Waals surface area contributed by atoms with E-state index in [4.69, 9.17) is 0 Å². The lowest BCUT2D eigenvalue weighted by atomic mass is 10.2. The van der Waals surface area contributed by atoms with Crippen LogP contribution in [0.2, 0.25) is 0 Å². The predicted molar refractivity (Wildman–Crippen MR) is 84.9 cm³/mol. The van der Waals surface area contributed by atoms with Crippen molar-refractivity contribution < 1.29 is 14.1 Å². The van der Waals surface area contributed by atoms with Crippen molar-refractivity contribution in [2.75, 3.05) is 5.32 Å². The molecule has 1 amide bonds. The average Bonchev–Trinajstić information content (AvgIpc) is 2.48. The van der Waals surface area contributed by atoms with Gasteiger partial charge in [-0.15, -0.1) is 0 Å². The van der Waals surface area contributed by atoms with Gasteiger partial charge in [0.2, 0.25) is 5.91 Å². The van der Waals surface area contributed by atoms with Gasteiger partial charge in [0, 0.05) is 22.7 Å². The summed E-state index contributed by atoms with van der Waals surface area (Å²) in [6, 6.07) is 10.1. The third kappa shape index (κ3) is 4.23. The molecule has 0 spiro atoms. The molecule has 7 heteroatoms. The fourth-order valence-corrected chi connectivity index (χ4v) is 2.01. The van der Waals surface area contributed by atoms with Crippen LogP contribution in [-0.2, 0) is 4.79 Å². The van der Waals surface area contributed by atoms with Crippen LogP contribution in [-0.4, -0.2) is 10.8 Å². The number of hydrogen-bond acceptors (Lipinski definition) is 3. The Bertz CT molecular complexity index is 762. The minimum Gasteiger partial charge on any atom is -0.320 e. The summed E-state index contributed by atoms with van der Waals surface area (Å²) in [5.41, 5.74) is 0.485. The van der Waals surface area contributed by atoms with Crippen LogP contribution in [0, 0.1) is 15.9 Å². The normalized spacial score (nSPS) is 10.6. The zero-order valence-electron chi connectivity index (χ0n) is 11.1. The molecule has 0 saturated heterocycles. The Morgan fingerprint density at radius 3 is 2.73 bits per heavy atom. The fourth-order valence-electron chi connectivity index (χ4n) is 1.68. The summed E-state index contributed by atoms with van der Waals surface area (Å²) in [5.74, 6) is -1.10. The number of nitrogens with one attached hydrogen (secondary N) is 1. The molecule has 0 radical (unpaired) electrons. The number of nitro benzene ring substituents is 1. The first-order chi connectivity index (χ1) is 10.5. The van der Waals surface area contributed by atoms with Crippen LogP contribution in [0.1, 0.15) is 5.56 Å². The van der Waals surface area contributed by atoms with E-state index in [2.05, 4.69) is 21.2 Å². The molecule has 0 aliphatic carbocycles. The zero-order valence-corrected chi connectivity index (χ0v) is 12.7. The number of anilines is 1. The Kier molecular flexibility index (Phi) is 5.00. The van der Waals surface area contributed by atoms with Gasteiger partial charge in [0.05, 0.1) is 10.6 Å². The summed E-state index contributed by atoms with van der Waals surface area (Å²) in [7, 11) is 0. The van der Waals surface area contributed by atoms with E-state index in [-0.39, 0.29) is 11.4 Å². The second-order valence-electron chi connectivity index (χ2n) is 4.30. The van der Waals surface area contributed by atoms with Crippen molar-refractivity contribution in [1.82, 2.24) is 0 Å². The van der Waals surface area contributed by atoms with Crippen LogP contribution in [0.3, 0.4) is 0 Å². The monoisotopic (exact) mass is 364 g/mol.